The van der Waals surface area contributed by atoms with Crippen LogP contribution in [0.1, 0.15) is 45.1 Å². The van der Waals surface area contributed by atoms with Gasteiger partial charge in [-0.15, -0.1) is 12.4 Å². The molecule has 0 saturated carbocycles. The largest absolute Gasteiger partial charge is 0.399 e. The fraction of sp³-hybridized carbons (Fsp3) is 0.529. The fourth-order valence-corrected chi connectivity index (χ4v) is 2.27. The van der Waals surface area contributed by atoms with Gasteiger partial charge in [0.1, 0.15) is 0 Å². The molecule has 1 aromatic carbocycles. The molecule has 0 radical (unpaired) electrons. The van der Waals surface area contributed by atoms with Crippen LogP contribution in [0.5, 0.6) is 0 Å². The van der Waals surface area contributed by atoms with Crippen LogP contribution in [-0.2, 0) is 9.59 Å². The highest BCUT2D eigenvalue weighted by atomic mass is 35.5. The first-order chi connectivity index (χ1) is 10.5. The molecule has 1 rings (SSSR count). The Labute approximate surface area is 145 Å². The second-order valence-electron chi connectivity index (χ2n) is 5.50. The Bertz CT molecular complexity index is 515. The van der Waals surface area contributed by atoms with Gasteiger partial charge >= 0.3 is 0 Å². The molecular formula is C17H28ClN3O2. The SMILES string of the molecule is CCCN(CCC)C(=O)CCC(=O)Nc1cc(N)ccc1C.Cl. The van der Waals surface area contributed by atoms with E-state index in [1.54, 1.807) is 12.1 Å². The van der Waals surface area contributed by atoms with Crippen LogP contribution in [0.3, 0.4) is 0 Å². The lowest BCUT2D eigenvalue weighted by molar-refractivity contribution is -0.132. The maximum absolute atomic E-state index is 12.1. The highest BCUT2D eigenvalue weighted by Crippen LogP contribution is 2.18. The number of hydrogen-bond donors (Lipinski definition) is 2. The van der Waals surface area contributed by atoms with E-state index in [0.717, 1.165) is 31.5 Å². The van der Waals surface area contributed by atoms with E-state index in [1.807, 2.05) is 31.7 Å². The summed E-state index contributed by atoms with van der Waals surface area (Å²) in [6.45, 7) is 7.51. The van der Waals surface area contributed by atoms with Gasteiger partial charge < -0.3 is 16.0 Å². The summed E-state index contributed by atoms with van der Waals surface area (Å²) in [6, 6.07) is 5.39. The summed E-state index contributed by atoms with van der Waals surface area (Å²) in [7, 11) is 0. The van der Waals surface area contributed by atoms with Gasteiger partial charge in [0.25, 0.3) is 0 Å². The molecule has 6 heteroatoms. The van der Waals surface area contributed by atoms with Crippen LogP contribution in [0, 0.1) is 6.92 Å². The van der Waals surface area contributed by atoms with Crippen LogP contribution >= 0.6 is 12.4 Å². The van der Waals surface area contributed by atoms with Gasteiger partial charge in [0.05, 0.1) is 0 Å². The summed E-state index contributed by atoms with van der Waals surface area (Å²) >= 11 is 0. The number of anilines is 2. The van der Waals surface area contributed by atoms with Gasteiger partial charge in [-0.25, -0.2) is 0 Å². The number of amides is 2. The van der Waals surface area contributed by atoms with Crippen molar-refractivity contribution in [2.24, 2.45) is 0 Å². The van der Waals surface area contributed by atoms with Crippen LogP contribution in [0.2, 0.25) is 0 Å². The predicted molar refractivity (Wildman–Crippen MR) is 97.9 cm³/mol. The van der Waals surface area contributed by atoms with E-state index < -0.39 is 0 Å². The number of nitrogens with two attached hydrogens (primary N) is 1. The molecular weight excluding hydrogens is 314 g/mol. The summed E-state index contributed by atoms with van der Waals surface area (Å²) in [6.07, 6.45) is 2.30. The second kappa shape index (κ2) is 10.9. The Morgan fingerprint density at radius 1 is 1.13 bits per heavy atom. The Hall–Kier alpha value is -1.75. The van der Waals surface area contributed by atoms with Crippen molar-refractivity contribution in [2.45, 2.75) is 46.5 Å². The molecule has 1 aromatic rings. The summed E-state index contributed by atoms with van der Waals surface area (Å²) < 4.78 is 0. The standard InChI is InChI=1S/C17H27N3O2.ClH/c1-4-10-20(11-5-2)17(22)9-8-16(21)19-15-12-14(18)7-6-13(15)3;/h6-7,12H,4-5,8-11,18H2,1-3H3,(H,19,21);1H. The number of aryl methyl sites for hydroxylation is 1. The van der Waals surface area contributed by atoms with Crippen molar-refractivity contribution < 1.29 is 9.59 Å². The first-order valence-electron chi connectivity index (χ1n) is 7.91. The molecule has 0 aliphatic heterocycles. The van der Waals surface area contributed by atoms with E-state index in [9.17, 15) is 9.59 Å². The monoisotopic (exact) mass is 341 g/mol. The average Bonchev–Trinajstić information content (AvgIpc) is 2.48. The zero-order valence-corrected chi connectivity index (χ0v) is 15.0. The molecule has 0 fully saturated rings. The second-order valence-corrected chi connectivity index (χ2v) is 5.50. The van der Waals surface area contributed by atoms with Crippen molar-refractivity contribution in [3.63, 3.8) is 0 Å². The third kappa shape index (κ3) is 7.37. The minimum atomic E-state index is -0.157. The Kier molecular flexibility index (Phi) is 10.1. The van der Waals surface area contributed by atoms with Crippen LogP contribution in [-0.4, -0.2) is 29.8 Å². The van der Waals surface area contributed by atoms with Gasteiger partial charge in [0, 0.05) is 37.3 Å². The predicted octanol–water partition coefficient (Wildman–Crippen LogP) is 3.37. The molecule has 2 amide bonds. The lowest BCUT2D eigenvalue weighted by atomic mass is 10.1. The van der Waals surface area contributed by atoms with Gasteiger partial charge in [-0.05, 0) is 37.5 Å². The number of nitrogens with zero attached hydrogens (tertiary/aromatic N) is 1. The molecule has 0 unspecified atom stereocenters. The third-order valence-corrected chi connectivity index (χ3v) is 3.44. The zero-order valence-electron chi connectivity index (χ0n) is 14.2. The quantitative estimate of drug-likeness (QED) is 0.712. The van der Waals surface area contributed by atoms with Crippen molar-refractivity contribution in [1.82, 2.24) is 4.90 Å². The van der Waals surface area contributed by atoms with Crippen molar-refractivity contribution in [2.75, 3.05) is 24.1 Å². The number of carbonyl (C=O) groups excluding carboxylic acids is 2. The minimum absolute atomic E-state index is 0. The molecule has 23 heavy (non-hydrogen) atoms. The fourth-order valence-electron chi connectivity index (χ4n) is 2.27. The van der Waals surface area contributed by atoms with E-state index in [0.29, 0.717) is 11.4 Å². The van der Waals surface area contributed by atoms with Crippen molar-refractivity contribution in [1.29, 1.82) is 0 Å². The van der Waals surface area contributed by atoms with E-state index in [-0.39, 0.29) is 37.1 Å². The van der Waals surface area contributed by atoms with Crippen molar-refractivity contribution in [3.8, 4) is 0 Å². The highest BCUT2D eigenvalue weighted by molar-refractivity contribution is 5.94. The molecule has 0 atom stereocenters. The first kappa shape index (κ1) is 21.2. The number of rotatable bonds is 8. The summed E-state index contributed by atoms with van der Waals surface area (Å²) in [5.41, 5.74) is 7.98. The lowest BCUT2D eigenvalue weighted by Gasteiger charge is -2.21. The molecule has 130 valence electrons. The molecule has 0 heterocycles. The van der Waals surface area contributed by atoms with Crippen molar-refractivity contribution >= 4 is 35.6 Å². The first-order valence-corrected chi connectivity index (χ1v) is 7.91. The molecule has 0 bridgehead atoms. The number of benzene rings is 1. The number of hydrogen-bond acceptors (Lipinski definition) is 3. The van der Waals surface area contributed by atoms with Gasteiger partial charge in [0.15, 0.2) is 0 Å². The van der Waals surface area contributed by atoms with Gasteiger partial charge in [-0.2, -0.15) is 0 Å². The molecule has 5 nitrogen and oxygen atoms in total. The average molecular weight is 342 g/mol. The molecule has 3 N–H and O–H groups in total. The lowest BCUT2D eigenvalue weighted by Crippen LogP contribution is -2.33. The maximum Gasteiger partial charge on any atom is 0.224 e. The van der Waals surface area contributed by atoms with Crippen LogP contribution < -0.4 is 11.1 Å². The van der Waals surface area contributed by atoms with Gasteiger partial charge in [-0.1, -0.05) is 19.9 Å². The summed E-state index contributed by atoms with van der Waals surface area (Å²) in [5, 5.41) is 2.82. The van der Waals surface area contributed by atoms with Crippen LogP contribution in [0.4, 0.5) is 11.4 Å². The molecule has 0 saturated heterocycles. The molecule has 0 aliphatic carbocycles. The van der Waals surface area contributed by atoms with E-state index in [2.05, 4.69) is 5.32 Å². The van der Waals surface area contributed by atoms with Gasteiger partial charge in [0.2, 0.25) is 11.8 Å². The van der Waals surface area contributed by atoms with Crippen LogP contribution in [0.25, 0.3) is 0 Å². The highest BCUT2D eigenvalue weighted by Gasteiger charge is 2.14. The van der Waals surface area contributed by atoms with Crippen LogP contribution in [0.15, 0.2) is 18.2 Å². The van der Waals surface area contributed by atoms with Gasteiger partial charge in [-0.3, -0.25) is 9.59 Å². The Morgan fingerprint density at radius 2 is 1.74 bits per heavy atom. The number of carbonyl (C=O) groups is 2. The van der Waals surface area contributed by atoms with E-state index >= 15 is 0 Å². The zero-order chi connectivity index (χ0) is 16.5. The Balaban J connectivity index is 0.00000484. The smallest absolute Gasteiger partial charge is 0.224 e. The summed E-state index contributed by atoms with van der Waals surface area (Å²) in [4.78, 5) is 26.0. The van der Waals surface area contributed by atoms with Crippen molar-refractivity contribution in [3.05, 3.63) is 23.8 Å². The maximum atomic E-state index is 12.1. The minimum Gasteiger partial charge on any atom is -0.399 e. The normalized spacial score (nSPS) is 9.87. The third-order valence-electron chi connectivity index (χ3n) is 3.44. The summed E-state index contributed by atoms with van der Waals surface area (Å²) in [5.74, 6) is -0.113. The number of nitrogens with one attached hydrogen (secondary N) is 1. The number of nitrogen functional groups attached to an aromatic ring is 1. The Morgan fingerprint density at radius 3 is 2.30 bits per heavy atom. The van der Waals surface area contributed by atoms with E-state index in [4.69, 9.17) is 5.73 Å². The molecule has 0 spiro atoms. The number of halogens is 1. The van der Waals surface area contributed by atoms with E-state index in [1.165, 1.54) is 0 Å². The molecule has 0 aliphatic rings. The topological polar surface area (TPSA) is 75.4 Å². The molecule has 0 aromatic heterocycles.